The predicted octanol–water partition coefficient (Wildman–Crippen LogP) is 6.45. The minimum Gasteiger partial charge on any atom is -0.392 e. The number of Topliss-reactive ketones (excluding diaryl/α,β-unsaturated/α-hetero) is 2. The number of fused-ring (bicyclic) bond motifs is 4. The zero-order valence-electron chi connectivity index (χ0n) is 38.3. The zero-order chi connectivity index (χ0) is 43.4. The van der Waals surface area contributed by atoms with E-state index in [1.807, 2.05) is 13.8 Å². The third-order valence-electron chi connectivity index (χ3n) is 19.2. The monoisotopic (exact) mass is 836 g/mol. The number of aliphatic hydroxyl groups excluding tert-OH is 2. The Morgan fingerprint density at radius 2 is 1.67 bits per heavy atom. The van der Waals surface area contributed by atoms with Crippen LogP contribution in [0.1, 0.15) is 136 Å². The van der Waals surface area contributed by atoms with Crippen LogP contribution in [0.3, 0.4) is 0 Å². The Kier molecular flexibility index (Phi) is 9.42. The molecule has 0 aromatic heterocycles. The number of epoxide rings is 1. The van der Waals surface area contributed by atoms with Crippen LogP contribution in [-0.2, 0) is 31.1 Å². The summed E-state index contributed by atoms with van der Waals surface area (Å²) >= 11 is 0. The molecular weight excluding hydrogens is 765 g/mol. The van der Waals surface area contributed by atoms with Gasteiger partial charge in [-0.15, -0.1) is 0 Å². The van der Waals surface area contributed by atoms with Gasteiger partial charge >= 0.3 is 0 Å². The van der Waals surface area contributed by atoms with E-state index in [0.717, 1.165) is 66.6 Å². The van der Waals surface area contributed by atoms with Gasteiger partial charge in [0.05, 0.1) is 35.9 Å². The maximum atomic E-state index is 15.2. The molecule has 0 amide bonds. The predicted molar refractivity (Wildman–Crippen MR) is 234 cm³/mol. The average Bonchev–Trinajstić information content (AvgIpc) is 3.43. The summed E-state index contributed by atoms with van der Waals surface area (Å²) in [7, 11) is 0. The minimum atomic E-state index is -0.900. The van der Waals surface area contributed by atoms with Crippen molar-refractivity contribution in [1.82, 2.24) is 0 Å². The van der Waals surface area contributed by atoms with Crippen LogP contribution < -0.4 is 4.90 Å². The van der Waals surface area contributed by atoms with Crippen LogP contribution in [0.25, 0.3) is 0 Å². The Hall–Kier alpha value is -2.79. The molecule has 1 aromatic rings. The highest BCUT2D eigenvalue weighted by molar-refractivity contribution is 6.02. The maximum Gasteiger partial charge on any atom is 0.162 e. The summed E-state index contributed by atoms with van der Waals surface area (Å²) in [4.78, 5) is 35.3. The number of aliphatic hydroxyl groups is 3. The van der Waals surface area contributed by atoms with Crippen molar-refractivity contribution in [2.45, 2.75) is 162 Å². The molecule has 61 heavy (non-hydrogen) atoms. The number of nitrogens with zero attached hydrogens (tertiary/aromatic N) is 1. The summed E-state index contributed by atoms with van der Waals surface area (Å²) in [6.45, 7) is 22.3. The van der Waals surface area contributed by atoms with E-state index in [1.165, 1.54) is 27.3 Å². The topological polar surface area (TPSA) is 133 Å². The number of nitrogens with one attached hydrogen (secondary N) is 1. The molecule has 1 aromatic carbocycles. The Labute approximate surface area is 363 Å². The molecule has 5 aliphatic heterocycles. The smallest absolute Gasteiger partial charge is 0.162 e. The number of quaternary nitrogens is 1. The molecule has 10 rings (SSSR count). The van der Waals surface area contributed by atoms with E-state index in [4.69, 9.17) is 14.5 Å². The second-order valence-corrected chi connectivity index (χ2v) is 23.6. The number of rotatable bonds is 6. The zero-order valence-corrected chi connectivity index (χ0v) is 38.3. The van der Waals surface area contributed by atoms with Crippen LogP contribution in [0.5, 0.6) is 0 Å². The van der Waals surface area contributed by atoms with E-state index in [2.05, 4.69) is 72.9 Å². The van der Waals surface area contributed by atoms with Gasteiger partial charge in [-0.2, -0.15) is 0 Å². The summed E-state index contributed by atoms with van der Waals surface area (Å²) in [6.07, 6.45) is 7.51. The van der Waals surface area contributed by atoms with Crippen LogP contribution in [0, 0.1) is 51.8 Å². The van der Waals surface area contributed by atoms with Gasteiger partial charge in [-0.05, 0) is 104 Å². The Balaban J connectivity index is 1.09. The molecule has 0 spiro atoms. The molecule has 4 N–H and O–H groups in total. The number of aliphatic imine (C=N–C) groups is 1. The number of allylic oxidation sites excluding steroid dienone is 2. The largest absolute Gasteiger partial charge is 0.392 e. The van der Waals surface area contributed by atoms with Gasteiger partial charge in [0, 0.05) is 79.1 Å². The molecule has 9 nitrogen and oxygen atoms in total. The molecule has 5 heterocycles. The molecule has 330 valence electrons. The number of ether oxygens (including phenoxy) is 2. The third-order valence-corrected chi connectivity index (χ3v) is 19.2. The highest BCUT2D eigenvalue weighted by Crippen LogP contribution is 2.75. The lowest BCUT2D eigenvalue weighted by molar-refractivity contribution is -0.852. The van der Waals surface area contributed by atoms with Gasteiger partial charge in [0.25, 0.3) is 0 Å². The lowest BCUT2D eigenvalue weighted by Gasteiger charge is -2.70. The van der Waals surface area contributed by atoms with Crippen molar-refractivity contribution < 1.29 is 39.3 Å². The number of hydrogen-bond donors (Lipinski definition) is 4. The van der Waals surface area contributed by atoms with E-state index in [0.29, 0.717) is 64.1 Å². The lowest BCUT2D eigenvalue weighted by atomic mass is 9.34. The van der Waals surface area contributed by atoms with Crippen LogP contribution in [0.4, 0.5) is 0 Å². The number of aryl methyl sites for hydroxylation is 1. The second-order valence-electron chi connectivity index (χ2n) is 23.6. The van der Waals surface area contributed by atoms with Gasteiger partial charge in [-0.3, -0.25) is 14.5 Å². The van der Waals surface area contributed by atoms with Crippen molar-refractivity contribution in [1.29, 1.82) is 0 Å². The molecule has 5 fully saturated rings. The van der Waals surface area contributed by atoms with Crippen molar-refractivity contribution in [2.24, 2.45) is 49.8 Å². The van der Waals surface area contributed by atoms with E-state index < -0.39 is 39.7 Å². The van der Waals surface area contributed by atoms with Gasteiger partial charge in [-0.25, -0.2) is 4.99 Å². The van der Waals surface area contributed by atoms with Gasteiger partial charge in [0.1, 0.15) is 24.1 Å². The average molecular weight is 836 g/mol. The molecule has 2 saturated heterocycles. The highest BCUT2D eigenvalue weighted by atomic mass is 16.6. The summed E-state index contributed by atoms with van der Waals surface area (Å²) < 4.78 is 11.6. The molecule has 0 radical (unpaired) electrons. The van der Waals surface area contributed by atoms with Gasteiger partial charge < -0.3 is 24.8 Å². The first-order chi connectivity index (χ1) is 28.6. The standard InChI is InChI=1S/C52H70N2O7/c1-29-20-30(23-33(21-29)52(59)16-18-60-19-17-52)22-32-27-54-28-34-39-40(48(6,24-36(56)45-47(4,5)61-45)13-10-31-26-53-41(32)42(31)54)35(55)25-51(39,9)50(8)15-11-37-46(2,3)38(57)12-14-49(37,7)44(50)43(34)58/h20-21,23,26,34,36-37,43-45,56,58-59H,10-19,22,24-25,27-28H2,1-9H3/p+1/t34-,36-,37+,43-,44+,45+,48+,49+,50+,51+/m1/s1. The van der Waals surface area contributed by atoms with E-state index in [1.54, 1.807) is 0 Å². The van der Waals surface area contributed by atoms with Crippen LogP contribution in [-0.4, -0.2) is 83.3 Å². The molecule has 4 aliphatic carbocycles. The fourth-order valence-electron chi connectivity index (χ4n) is 15.9. The van der Waals surface area contributed by atoms with Crippen LogP contribution in [0.2, 0.25) is 0 Å². The van der Waals surface area contributed by atoms with E-state index in [9.17, 15) is 20.1 Å². The third kappa shape index (κ3) is 6.02. The second kappa shape index (κ2) is 13.6. The number of benzene rings is 1. The molecule has 3 saturated carbocycles. The number of ketones is 2. The van der Waals surface area contributed by atoms with Crippen LogP contribution >= 0.6 is 0 Å². The highest BCUT2D eigenvalue weighted by Gasteiger charge is 2.73. The van der Waals surface area contributed by atoms with Gasteiger partial charge in [0.2, 0.25) is 0 Å². The summed E-state index contributed by atoms with van der Waals surface area (Å²) in [5.41, 5.74) is 6.46. The molecule has 0 bridgehead atoms. The van der Waals surface area contributed by atoms with Crippen molar-refractivity contribution in [2.75, 3.05) is 26.3 Å². The summed E-state index contributed by atoms with van der Waals surface area (Å²) in [5.74, 6) is 0.280. The first-order valence-electron chi connectivity index (χ1n) is 23.7. The van der Waals surface area contributed by atoms with E-state index in [-0.39, 0.29) is 40.5 Å². The molecular formula is C52H71N2O7+. The van der Waals surface area contributed by atoms with Crippen molar-refractivity contribution >= 4 is 17.8 Å². The van der Waals surface area contributed by atoms with Gasteiger partial charge in [0.15, 0.2) is 11.5 Å². The van der Waals surface area contributed by atoms with Crippen LogP contribution in [0.15, 0.2) is 56.9 Å². The lowest BCUT2D eigenvalue weighted by Crippen LogP contribution is -3.10. The van der Waals surface area contributed by atoms with E-state index >= 15 is 4.79 Å². The molecule has 9 heteroatoms. The SMILES string of the molecule is Cc1cc(CC2=C3N=CC4=C3[NH+](C2)C[C@@H]2C3=C(C(=O)C[C@]3(C)[C@@]3(C)CC[C@H]5C(C)(C)C(=O)CC[C@]5(C)[C@@H]3[C@@H]2O)[C@](C)(C[C@@H](O)[C@@H]2OC2(C)C)CC4)cc(C2(O)CCOCC2)c1. The normalized spacial score (nSPS) is 42.3. The van der Waals surface area contributed by atoms with Gasteiger partial charge in [-0.1, -0.05) is 65.3 Å². The Morgan fingerprint density at radius 3 is 2.38 bits per heavy atom. The fraction of sp³-hybridized carbons (Fsp3) is 0.712. The summed E-state index contributed by atoms with van der Waals surface area (Å²) in [5, 5.41) is 37.2. The first kappa shape index (κ1) is 42.2. The maximum absolute atomic E-state index is 15.2. The number of carbonyl (C=O) groups is 2. The van der Waals surface area contributed by atoms with Crippen molar-refractivity contribution in [3.8, 4) is 0 Å². The molecule has 1 unspecified atom stereocenters. The van der Waals surface area contributed by atoms with Crippen molar-refractivity contribution in [3.63, 3.8) is 0 Å². The first-order valence-corrected chi connectivity index (χ1v) is 23.7. The fourth-order valence-corrected chi connectivity index (χ4v) is 15.9. The minimum absolute atomic E-state index is 0.0960. The Bertz CT molecular complexity index is 2230. The molecule has 11 atom stereocenters. The molecule has 9 aliphatic rings. The number of carbonyl (C=O) groups excluding carboxylic acids is 2. The quantitative estimate of drug-likeness (QED) is 0.242. The Morgan fingerprint density at radius 1 is 0.951 bits per heavy atom. The van der Waals surface area contributed by atoms with Crippen molar-refractivity contribution in [3.05, 3.63) is 68.6 Å². The number of hydrogen-bond acceptors (Lipinski definition) is 8. The summed E-state index contributed by atoms with van der Waals surface area (Å²) in [6, 6.07) is 6.56.